The van der Waals surface area contributed by atoms with E-state index in [1.807, 2.05) is 31.2 Å². The van der Waals surface area contributed by atoms with Crippen molar-refractivity contribution < 1.29 is 23.4 Å². The second-order valence-electron chi connectivity index (χ2n) is 7.02. The van der Waals surface area contributed by atoms with Crippen LogP contribution in [-0.2, 0) is 4.74 Å². The normalized spacial score (nSPS) is 24.1. The first kappa shape index (κ1) is 18.5. The van der Waals surface area contributed by atoms with E-state index in [1.165, 1.54) is 0 Å². The van der Waals surface area contributed by atoms with Crippen LogP contribution in [0.4, 0.5) is 4.79 Å². The van der Waals surface area contributed by atoms with Crippen LogP contribution >= 0.6 is 0 Å². The number of morpholine rings is 1. The van der Waals surface area contributed by atoms with E-state index in [0.29, 0.717) is 44.4 Å². The summed E-state index contributed by atoms with van der Waals surface area (Å²) < 4.78 is 22.9. The van der Waals surface area contributed by atoms with Crippen molar-refractivity contribution in [1.82, 2.24) is 20.4 Å². The number of benzene rings is 1. The molecule has 1 aromatic heterocycles. The summed E-state index contributed by atoms with van der Waals surface area (Å²) in [5.74, 6) is 2.37. The molecule has 0 radical (unpaired) electrons. The number of nitrogens with zero attached hydrogens (tertiary/aromatic N) is 3. The third-order valence-corrected chi connectivity index (χ3v) is 4.67. The minimum absolute atomic E-state index is 0.0899. The van der Waals surface area contributed by atoms with Crippen LogP contribution in [0.25, 0.3) is 0 Å². The van der Waals surface area contributed by atoms with Crippen LogP contribution < -0.4 is 14.8 Å². The van der Waals surface area contributed by atoms with Gasteiger partial charge in [0.25, 0.3) is 0 Å². The van der Waals surface area contributed by atoms with Gasteiger partial charge in [-0.1, -0.05) is 12.1 Å². The van der Waals surface area contributed by atoms with Gasteiger partial charge in [-0.2, -0.15) is 0 Å². The van der Waals surface area contributed by atoms with E-state index in [1.54, 1.807) is 11.8 Å². The fourth-order valence-electron chi connectivity index (χ4n) is 3.35. The lowest BCUT2D eigenvalue weighted by molar-refractivity contribution is -0.0767. The Morgan fingerprint density at radius 2 is 2.07 bits per heavy atom. The number of para-hydroxylation sites is 2. The number of amides is 2. The van der Waals surface area contributed by atoms with Crippen molar-refractivity contribution in [1.29, 1.82) is 0 Å². The SMILES string of the molecule is Cc1nnc([C@H]2CN(C(=O)NCCC3COc4ccccc4O3)C[C@@H](C)O2)o1. The number of aryl methyl sites for hydroxylation is 1. The number of hydrogen-bond acceptors (Lipinski definition) is 7. The van der Waals surface area contributed by atoms with E-state index >= 15 is 0 Å². The van der Waals surface area contributed by atoms with Crippen LogP contribution in [-0.4, -0.2) is 59.6 Å². The lowest BCUT2D eigenvalue weighted by Crippen LogP contribution is -2.50. The lowest BCUT2D eigenvalue weighted by atomic mass is 10.2. The van der Waals surface area contributed by atoms with Gasteiger partial charge in [0.2, 0.25) is 11.8 Å². The Morgan fingerprint density at radius 3 is 2.86 bits per heavy atom. The molecule has 0 saturated carbocycles. The third kappa shape index (κ3) is 4.19. The summed E-state index contributed by atoms with van der Waals surface area (Å²) in [4.78, 5) is 14.3. The van der Waals surface area contributed by atoms with Gasteiger partial charge in [0.15, 0.2) is 17.6 Å². The van der Waals surface area contributed by atoms with E-state index in [2.05, 4.69) is 15.5 Å². The smallest absolute Gasteiger partial charge is 0.317 e. The molecule has 2 aromatic rings. The van der Waals surface area contributed by atoms with Crippen LogP contribution in [0.3, 0.4) is 0 Å². The zero-order valence-electron chi connectivity index (χ0n) is 16.0. The summed E-state index contributed by atoms with van der Waals surface area (Å²) >= 11 is 0. The van der Waals surface area contributed by atoms with Gasteiger partial charge in [0, 0.05) is 26.4 Å². The Labute approximate surface area is 163 Å². The van der Waals surface area contributed by atoms with Crippen molar-refractivity contribution in [3.8, 4) is 11.5 Å². The van der Waals surface area contributed by atoms with Gasteiger partial charge >= 0.3 is 6.03 Å². The highest BCUT2D eigenvalue weighted by Gasteiger charge is 2.32. The molecule has 1 fully saturated rings. The van der Waals surface area contributed by atoms with E-state index < -0.39 is 6.10 Å². The average molecular weight is 388 g/mol. The highest BCUT2D eigenvalue weighted by Crippen LogP contribution is 2.31. The highest BCUT2D eigenvalue weighted by atomic mass is 16.6. The molecule has 28 heavy (non-hydrogen) atoms. The molecule has 0 spiro atoms. The summed E-state index contributed by atoms with van der Waals surface area (Å²) in [5, 5.41) is 10.8. The molecule has 4 rings (SSSR count). The number of ether oxygens (including phenoxy) is 3. The highest BCUT2D eigenvalue weighted by molar-refractivity contribution is 5.74. The van der Waals surface area contributed by atoms with Crippen molar-refractivity contribution in [2.75, 3.05) is 26.2 Å². The van der Waals surface area contributed by atoms with E-state index in [9.17, 15) is 4.79 Å². The molecule has 3 heterocycles. The number of fused-ring (bicyclic) bond motifs is 1. The first-order chi connectivity index (χ1) is 13.6. The van der Waals surface area contributed by atoms with Gasteiger partial charge in [0.1, 0.15) is 12.7 Å². The molecule has 3 atom stereocenters. The van der Waals surface area contributed by atoms with Crippen LogP contribution in [0.2, 0.25) is 0 Å². The zero-order chi connectivity index (χ0) is 19.5. The molecular formula is C19H24N4O5. The molecule has 0 bridgehead atoms. The first-order valence-corrected chi connectivity index (χ1v) is 9.45. The second-order valence-corrected chi connectivity index (χ2v) is 7.02. The molecule has 9 nitrogen and oxygen atoms in total. The summed E-state index contributed by atoms with van der Waals surface area (Å²) in [6.07, 6.45) is 0.0326. The molecule has 1 N–H and O–H groups in total. The minimum atomic E-state index is -0.415. The van der Waals surface area contributed by atoms with Crippen molar-refractivity contribution in [3.63, 3.8) is 0 Å². The fourth-order valence-corrected chi connectivity index (χ4v) is 3.35. The molecule has 1 saturated heterocycles. The number of rotatable bonds is 4. The lowest BCUT2D eigenvalue weighted by Gasteiger charge is -2.35. The Hall–Kier alpha value is -2.81. The Bertz CT molecular complexity index is 826. The van der Waals surface area contributed by atoms with Crippen LogP contribution in [0.5, 0.6) is 11.5 Å². The van der Waals surface area contributed by atoms with Crippen molar-refractivity contribution in [2.45, 2.75) is 38.6 Å². The summed E-state index contributed by atoms with van der Waals surface area (Å²) in [7, 11) is 0. The standard InChI is InChI=1S/C19H24N4O5/c1-12-9-23(10-17(26-12)18-22-21-13(2)27-18)19(24)20-8-7-14-11-25-15-5-3-4-6-16(15)28-14/h3-6,12,14,17H,7-11H2,1-2H3,(H,20,24)/t12-,14?,17-/m1/s1. The molecular weight excluding hydrogens is 364 g/mol. The predicted octanol–water partition coefficient (Wildman–Crippen LogP) is 2.08. The van der Waals surface area contributed by atoms with Gasteiger partial charge in [0.05, 0.1) is 12.6 Å². The maximum Gasteiger partial charge on any atom is 0.317 e. The quantitative estimate of drug-likeness (QED) is 0.856. The van der Waals surface area contributed by atoms with E-state index in [0.717, 1.165) is 11.5 Å². The number of aromatic nitrogens is 2. The summed E-state index contributed by atoms with van der Waals surface area (Å²) in [5.41, 5.74) is 0. The number of urea groups is 1. The molecule has 2 aliphatic heterocycles. The monoisotopic (exact) mass is 388 g/mol. The van der Waals surface area contributed by atoms with Crippen LogP contribution in [0.1, 0.15) is 31.2 Å². The maximum absolute atomic E-state index is 12.6. The first-order valence-electron chi connectivity index (χ1n) is 9.45. The summed E-state index contributed by atoms with van der Waals surface area (Å²) in [6, 6.07) is 7.44. The fraction of sp³-hybridized carbons (Fsp3) is 0.526. The van der Waals surface area contributed by atoms with Crippen LogP contribution in [0.15, 0.2) is 28.7 Å². The predicted molar refractivity (Wildman–Crippen MR) is 98.3 cm³/mol. The topological polar surface area (TPSA) is 99.0 Å². The summed E-state index contributed by atoms with van der Waals surface area (Å²) in [6.45, 7) is 5.48. The van der Waals surface area contributed by atoms with E-state index in [4.69, 9.17) is 18.6 Å². The number of hydrogen-bond donors (Lipinski definition) is 1. The molecule has 0 aliphatic carbocycles. The third-order valence-electron chi connectivity index (χ3n) is 4.67. The number of carbonyl (C=O) groups is 1. The Balaban J connectivity index is 1.26. The molecule has 9 heteroatoms. The number of nitrogens with one attached hydrogen (secondary N) is 1. The molecule has 150 valence electrons. The zero-order valence-corrected chi connectivity index (χ0v) is 16.0. The average Bonchev–Trinajstić information content (AvgIpc) is 3.14. The van der Waals surface area contributed by atoms with Crippen LogP contribution in [0, 0.1) is 6.92 Å². The van der Waals surface area contributed by atoms with Crippen molar-refractivity contribution in [2.24, 2.45) is 0 Å². The van der Waals surface area contributed by atoms with Gasteiger partial charge < -0.3 is 28.8 Å². The van der Waals surface area contributed by atoms with Gasteiger partial charge in [-0.05, 0) is 19.1 Å². The molecule has 1 unspecified atom stereocenters. The minimum Gasteiger partial charge on any atom is -0.486 e. The largest absolute Gasteiger partial charge is 0.486 e. The molecule has 1 aromatic carbocycles. The van der Waals surface area contributed by atoms with Crippen molar-refractivity contribution >= 4 is 6.03 Å². The van der Waals surface area contributed by atoms with Gasteiger partial charge in [-0.3, -0.25) is 0 Å². The number of carbonyl (C=O) groups excluding carboxylic acids is 1. The Kier molecular flexibility index (Phi) is 5.34. The van der Waals surface area contributed by atoms with Gasteiger partial charge in [-0.25, -0.2) is 4.79 Å². The Morgan fingerprint density at radius 1 is 1.25 bits per heavy atom. The maximum atomic E-state index is 12.6. The van der Waals surface area contributed by atoms with Crippen molar-refractivity contribution in [3.05, 3.63) is 36.0 Å². The molecule has 2 aliphatic rings. The molecule has 2 amide bonds. The van der Waals surface area contributed by atoms with Gasteiger partial charge in [-0.15, -0.1) is 10.2 Å². The second kappa shape index (κ2) is 8.05. The van der Waals surface area contributed by atoms with E-state index in [-0.39, 0.29) is 18.2 Å².